The van der Waals surface area contributed by atoms with Crippen LogP contribution in [0.25, 0.3) is 0 Å². The molecule has 6 heteroatoms. The maximum Gasteiger partial charge on any atom is 0.254 e. The fourth-order valence-electron chi connectivity index (χ4n) is 2.86. The number of hydrogen-bond donors (Lipinski definition) is 1. The second kappa shape index (κ2) is 7.65. The van der Waals surface area contributed by atoms with Crippen molar-refractivity contribution in [2.75, 3.05) is 26.2 Å². The van der Waals surface area contributed by atoms with Crippen molar-refractivity contribution in [3.8, 4) is 0 Å². The van der Waals surface area contributed by atoms with E-state index in [-0.39, 0.29) is 24.0 Å². The number of rotatable bonds is 5. The van der Waals surface area contributed by atoms with Crippen LogP contribution in [0.3, 0.4) is 0 Å². The van der Waals surface area contributed by atoms with Gasteiger partial charge >= 0.3 is 0 Å². The third-order valence-corrected chi connectivity index (χ3v) is 3.74. The molecule has 0 saturated carbocycles. The highest BCUT2D eigenvalue weighted by molar-refractivity contribution is 5.95. The molecular weight excluding hydrogens is 280 g/mol. The number of nitrogens with zero attached hydrogens (tertiary/aromatic N) is 3. The molecule has 1 aliphatic heterocycles. The molecule has 1 fully saturated rings. The first kappa shape index (κ1) is 16.8. The normalized spacial score (nSPS) is 22.8. The molecule has 1 aromatic rings. The predicted molar refractivity (Wildman–Crippen MR) is 84.9 cm³/mol. The average Bonchev–Trinajstić information content (AvgIpc) is 2.46. The summed E-state index contributed by atoms with van der Waals surface area (Å²) in [5, 5.41) is 2.97. The fraction of sp³-hybridized carbons (Fsp3) is 0.688. The molecule has 0 aliphatic carbocycles. The van der Waals surface area contributed by atoms with Crippen molar-refractivity contribution in [1.29, 1.82) is 0 Å². The molecule has 6 nitrogen and oxygen atoms in total. The zero-order chi connectivity index (χ0) is 16.1. The third-order valence-electron chi connectivity index (χ3n) is 3.74. The van der Waals surface area contributed by atoms with E-state index in [0.29, 0.717) is 12.1 Å². The molecular formula is C16H26N4O2. The Hall–Kier alpha value is -1.53. The van der Waals surface area contributed by atoms with E-state index < -0.39 is 0 Å². The standard InChI is InChI=1S/C16H26N4O2/c1-11(2)15-14(7-17-10-19-15)16(21)18-5-6-20-8-12(3)22-13(4)9-20/h7,10-13H,5-6,8-9H2,1-4H3,(H,18,21)/t12-,13+. The Balaban J connectivity index is 1.86. The number of amides is 1. The highest BCUT2D eigenvalue weighted by Gasteiger charge is 2.22. The minimum absolute atomic E-state index is 0.0985. The van der Waals surface area contributed by atoms with Gasteiger partial charge in [0.15, 0.2) is 0 Å². The number of nitrogens with one attached hydrogen (secondary N) is 1. The minimum atomic E-state index is -0.0985. The number of morpholine rings is 1. The van der Waals surface area contributed by atoms with E-state index in [1.54, 1.807) is 6.20 Å². The SMILES string of the molecule is CC(C)c1ncncc1C(=O)NCCN1C[C@@H](C)O[C@@H](C)C1. The molecule has 0 bridgehead atoms. The van der Waals surface area contributed by atoms with Crippen LogP contribution in [0.4, 0.5) is 0 Å². The molecule has 2 atom stereocenters. The molecule has 0 aromatic carbocycles. The lowest BCUT2D eigenvalue weighted by atomic mass is 10.0. The topological polar surface area (TPSA) is 67.4 Å². The Labute approximate surface area is 132 Å². The van der Waals surface area contributed by atoms with Crippen molar-refractivity contribution in [1.82, 2.24) is 20.2 Å². The Bertz CT molecular complexity index is 497. The van der Waals surface area contributed by atoms with Gasteiger partial charge in [0, 0.05) is 32.4 Å². The van der Waals surface area contributed by atoms with Crippen molar-refractivity contribution in [2.24, 2.45) is 0 Å². The van der Waals surface area contributed by atoms with Gasteiger partial charge in [-0.15, -0.1) is 0 Å². The van der Waals surface area contributed by atoms with E-state index in [1.165, 1.54) is 6.33 Å². The summed E-state index contributed by atoms with van der Waals surface area (Å²) in [7, 11) is 0. The summed E-state index contributed by atoms with van der Waals surface area (Å²) in [4.78, 5) is 22.8. The van der Waals surface area contributed by atoms with Gasteiger partial charge in [-0.25, -0.2) is 9.97 Å². The maximum absolute atomic E-state index is 12.3. The van der Waals surface area contributed by atoms with E-state index >= 15 is 0 Å². The molecule has 0 unspecified atom stereocenters. The van der Waals surface area contributed by atoms with Crippen LogP contribution in [0.2, 0.25) is 0 Å². The summed E-state index contributed by atoms with van der Waals surface area (Å²) in [5.41, 5.74) is 1.36. The molecule has 22 heavy (non-hydrogen) atoms. The van der Waals surface area contributed by atoms with Crippen molar-refractivity contribution in [3.63, 3.8) is 0 Å². The van der Waals surface area contributed by atoms with Crippen LogP contribution in [0, 0.1) is 0 Å². The van der Waals surface area contributed by atoms with Gasteiger partial charge in [0.2, 0.25) is 0 Å². The van der Waals surface area contributed by atoms with Crippen LogP contribution >= 0.6 is 0 Å². The first-order valence-electron chi connectivity index (χ1n) is 7.93. The Morgan fingerprint density at radius 2 is 2.09 bits per heavy atom. The number of carbonyl (C=O) groups excluding carboxylic acids is 1. The molecule has 122 valence electrons. The van der Waals surface area contributed by atoms with Gasteiger partial charge < -0.3 is 10.1 Å². The molecule has 1 aromatic heterocycles. The average molecular weight is 306 g/mol. The van der Waals surface area contributed by atoms with E-state index in [2.05, 4.69) is 34.0 Å². The van der Waals surface area contributed by atoms with Crippen molar-refractivity contribution in [3.05, 3.63) is 23.8 Å². The second-order valence-corrected chi connectivity index (χ2v) is 6.25. The monoisotopic (exact) mass is 306 g/mol. The zero-order valence-corrected chi connectivity index (χ0v) is 13.9. The van der Waals surface area contributed by atoms with Crippen LogP contribution in [0.1, 0.15) is 49.7 Å². The van der Waals surface area contributed by atoms with Crippen LogP contribution in [0.15, 0.2) is 12.5 Å². The van der Waals surface area contributed by atoms with Gasteiger partial charge in [0.1, 0.15) is 6.33 Å². The van der Waals surface area contributed by atoms with Crippen molar-refractivity contribution >= 4 is 5.91 Å². The maximum atomic E-state index is 12.3. The van der Waals surface area contributed by atoms with E-state index in [0.717, 1.165) is 25.3 Å². The Morgan fingerprint density at radius 1 is 1.41 bits per heavy atom. The summed E-state index contributed by atoms with van der Waals surface area (Å²) in [5.74, 6) is 0.100. The molecule has 0 spiro atoms. The Morgan fingerprint density at radius 3 is 2.73 bits per heavy atom. The summed E-state index contributed by atoms with van der Waals surface area (Å²) in [6.45, 7) is 11.5. The number of ether oxygens (including phenoxy) is 1. The predicted octanol–water partition coefficient (Wildman–Crippen LogP) is 1.44. The van der Waals surface area contributed by atoms with Crippen LogP contribution in [-0.2, 0) is 4.74 Å². The summed E-state index contributed by atoms with van der Waals surface area (Å²) in [6, 6.07) is 0. The fourth-order valence-corrected chi connectivity index (χ4v) is 2.86. The smallest absolute Gasteiger partial charge is 0.254 e. The quantitative estimate of drug-likeness (QED) is 0.891. The summed E-state index contributed by atoms with van der Waals surface area (Å²) < 4.78 is 5.71. The van der Waals surface area contributed by atoms with Gasteiger partial charge in [-0.1, -0.05) is 13.8 Å². The summed E-state index contributed by atoms with van der Waals surface area (Å²) >= 11 is 0. The van der Waals surface area contributed by atoms with Crippen LogP contribution in [-0.4, -0.2) is 59.2 Å². The van der Waals surface area contributed by atoms with E-state index in [4.69, 9.17) is 4.74 Å². The second-order valence-electron chi connectivity index (χ2n) is 6.25. The van der Waals surface area contributed by atoms with Gasteiger partial charge in [0.25, 0.3) is 5.91 Å². The van der Waals surface area contributed by atoms with Gasteiger partial charge in [0.05, 0.1) is 23.5 Å². The molecule has 0 radical (unpaired) electrons. The van der Waals surface area contributed by atoms with Crippen LogP contribution < -0.4 is 5.32 Å². The number of aromatic nitrogens is 2. The molecule has 2 heterocycles. The van der Waals surface area contributed by atoms with Crippen molar-refractivity contribution < 1.29 is 9.53 Å². The summed E-state index contributed by atoms with van der Waals surface area (Å²) in [6.07, 6.45) is 3.57. The van der Waals surface area contributed by atoms with E-state index in [1.807, 2.05) is 13.8 Å². The molecule has 2 rings (SSSR count). The first-order valence-corrected chi connectivity index (χ1v) is 7.93. The van der Waals surface area contributed by atoms with Crippen molar-refractivity contribution in [2.45, 2.75) is 45.8 Å². The highest BCUT2D eigenvalue weighted by atomic mass is 16.5. The van der Waals surface area contributed by atoms with Crippen LogP contribution in [0.5, 0.6) is 0 Å². The number of carbonyl (C=O) groups is 1. The lowest BCUT2D eigenvalue weighted by Gasteiger charge is -2.35. The lowest BCUT2D eigenvalue weighted by molar-refractivity contribution is -0.0672. The third kappa shape index (κ3) is 4.48. The Kier molecular flexibility index (Phi) is 5.85. The highest BCUT2D eigenvalue weighted by Crippen LogP contribution is 2.15. The molecule has 1 saturated heterocycles. The van der Waals surface area contributed by atoms with Gasteiger partial charge in [-0.05, 0) is 19.8 Å². The van der Waals surface area contributed by atoms with Gasteiger partial charge in [-0.2, -0.15) is 0 Å². The molecule has 1 aliphatic rings. The largest absolute Gasteiger partial charge is 0.373 e. The molecule has 1 N–H and O–H groups in total. The van der Waals surface area contributed by atoms with Gasteiger partial charge in [-0.3, -0.25) is 9.69 Å². The lowest BCUT2D eigenvalue weighted by Crippen LogP contribution is -2.47. The first-order chi connectivity index (χ1) is 10.5. The minimum Gasteiger partial charge on any atom is -0.373 e. The zero-order valence-electron chi connectivity index (χ0n) is 13.9. The number of hydrogen-bond acceptors (Lipinski definition) is 5. The van der Waals surface area contributed by atoms with E-state index in [9.17, 15) is 4.79 Å². The molecule has 1 amide bonds.